The highest BCUT2D eigenvalue weighted by atomic mass is 19.4. The van der Waals surface area contributed by atoms with Crippen molar-refractivity contribution in [2.75, 3.05) is 6.61 Å². The largest absolute Gasteiger partial charge is 0.416 e. The maximum atomic E-state index is 13.2. The van der Waals surface area contributed by atoms with Crippen LogP contribution >= 0.6 is 0 Å². The van der Waals surface area contributed by atoms with Crippen molar-refractivity contribution in [3.63, 3.8) is 0 Å². The highest BCUT2D eigenvalue weighted by molar-refractivity contribution is 5.29. The standard InChI is InChI=1S/C23H22F3NO/c24-23(25,26)21-13-7-12-20(14-21)22(17-28)27(15-18-8-3-1-4-9-18)16-19-10-5-2-6-11-19/h1-14,22,28H,15-17H2. The van der Waals surface area contributed by atoms with Crippen molar-refractivity contribution in [1.29, 1.82) is 0 Å². The van der Waals surface area contributed by atoms with Gasteiger partial charge in [-0.1, -0.05) is 72.8 Å². The van der Waals surface area contributed by atoms with Gasteiger partial charge in [0.15, 0.2) is 0 Å². The molecule has 0 heterocycles. The summed E-state index contributed by atoms with van der Waals surface area (Å²) >= 11 is 0. The van der Waals surface area contributed by atoms with E-state index in [9.17, 15) is 18.3 Å². The van der Waals surface area contributed by atoms with Gasteiger partial charge in [0.1, 0.15) is 0 Å². The van der Waals surface area contributed by atoms with Crippen molar-refractivity contribution in [2.45, 2.75) is 25.3 Å². The summed E-state index contributed by atoms with van der Waals surface area (Å²) in [4.78, 5) is 2.00. The zero-order chi connectivity index (χ0) is 20.0. The third-order valence-corrected chi connectivity index (χ3v) is 4.67. The normalized spacial score (nSPS) is 12.9. The summed E-state index contributed by atoms with van der Waals surface area (Å²) in [6.45, 7) is 0.745. The number of aliphatic hydroxyl groups excluding tert-OH is 1. The van der Waals surface area contributed by atoms with Crippen LogP contribution in [0.2, 0.25) is 0 Å². The summed E-state index contributed by atoms with van der Waals surface area (Å²) < 4.78 is 39.5. The molecule has 146 valence electrons. The molecule has 1 atom stereocenters. The van der Waals surface area contributed by atoms with Crippen LogP contribution in [0.4, 0.5) is 13.2 Å². The van der Waals surface area contributed by atoms with Crippen molar-refractivity contribution >= 4 is 0 Å². The SMILES string of the molecule is OCC(c1cccc(C(F)(F)F)c1)N(Cc1ccccc1)Cc1ccccc1. The van der Waals surface area contributed by atoms with E-state index in [-0.39, 0.29) is 6.61 Å². The zero-order valence-electron chi connectivity index (χ0n) is 15.3. The van der Waals surface area contributed by atoms with Crippen LogP contribution in [0.3, 0.4) is 0 Å². The lowest BCUT2D eigenvalue weighted by molar-refractivity contribution is -0.137. The second-order valence-electron chi connectivity index (χ2n) is 6.70. The van der Waals surface area contributed by atoms with Crippen LogP contribution in [-0.4, -0.2) is 16.6 Å². The second-order valence-corrected chi connectivity index (χ2v) is 6.70. The Bertz CT molecular complexity index is 824. The highest BCUT2D eigenvalue weighted by Gasteiger charge is 2.31. The third kappa shape index (κ3) is 5.21. The van der Waals surface area contributed by atoms with E-state index in [2.05, 4.69) is 0 Å². The van der Waals surface area contributed by atoms with Crippen molar-refractivity contribution in [3.05, 3.63) is 107 Å². The number of benzene rings is 3. The molecule has 0 aliphatic carbocycles. The first-order valence-electron chi connectivity index (χ1n) is 9.07. The van der Waals surface area contributed by atoms with Crippen LogP contribution in [-0.2, 0) is 19.3 Å². The molecule has 3 rings (SSSR count). The Morgan fingerprint density at radius 3 is 1.75 bits per heavy atom. The van der Waals surface area contributed by atoms with Crippen LogP contribution in [0.15, 0.2) is 84.9 Å². The lowest BCUT2D eigenvalue weighted by atomic mass is 10.0. The molecule has 3 aromatic carbocycles. The van der Waals surface area contributed by atoms with E-state index >= 15 is 0 Å². The average molecular weight is 385 g/mol. The second kappa shape index (κ2) is 9.04. The van der Waals surface area contributed by atoms with Crippen molar-refractivity contribution in [1.82, 2.24) is 4.90 Å². The fourth-order valence-electron chi connectivity index (χ4n) is 3.27. The number of nitrogens with zero attached hydrogens (tertiary/aromatic N) is 1. The molecule has 5 heteroatoms. The Morgan fingerprint density at radius 1 is 0.750 bits per heavy atom. The minimum Gasteiger partial charge on any atom is -0.394 e. The molecule has 28 heavy (non-hydrogen) atoms. The van der Waals surface area contributed by atoms with Gasteiger partial charge in [-0.25, -0.2) is 0 Å². The Labute approximate surface area is 162 Å². The van der Waals surface area contributed by atoms with Crippen LogP contribution in [0.25, 0.3) is 0 Å². The van der Waals surface area contributed by atoms with Gasteiger partial charge in [0, 0.05) is 13.1 Å². The predicted molar refractivity (Wildman–Crippen MR) is 103 cm³/mol. The third-order valence-electron chi connectivity index (χ3n) is 4.67. The Balaban J connectivity index is 1.94. The van der Waals surface area contributed by atoms with Crippen LogP contribution in [0.5, 0.6) is 0 Å². The molecule has 1 unspecified atom stereocenters. The van der Waals surface area contributed by atoms with Crippen molar-refractivity contribution < 1.29 is 18.3 Å². The lowest BCUT2D eigenvalue weighted by Crippen LogP contribution is -2.30. The zero-order valence-corrected chi connectivity index (χ0v) is 15.3. The van der Waals surface area contributed by atoms with E-state index in [0.29, 0.717) is 18.7 Å². The average Bonchev–Trinajstić information content (AvgIpc) is 2.70. The van der Waals surface area contributed by atoms with Gasteiger partial charge < -0.3 is 5.11 Å². The Morgan fingerprint density at radius 2 is 1.29 bits per heavy atom. The predicted octanol–water partition coefficient (Wildman–Crippen LogP) is 5.44. The number of halogens is 3. The smallest absolute Gasteiger partial charge is 0.394 e. The fraction of sp³-hybridized carbons (Fsp3) is 0.217. The molecule has 0 saturated carbocycles. The van der Waals surface area contributed by atoms with Gasteiger partial charge in [0.25, 0.3) is 0 Å². The van der Waals surface area contributed by atoms with Crippen molar-refractivity contribution in [3.8, 4) is 0 Å². The molecular weight excluding hydrogens is 363 g/mol. The highest BCUT2D eigenvalue weighted by Crippen LogP contribution is 2.32. The van der Waals surface area contributed by atoms with Gasteiger partial charge in [0.05, 0.1) is 18.2 Å². The number of hydrogen-bond donors (Lipinski definition) is 1. The van der Waals surface area contributed by atoms with Crippen molar-refractivity contribution in [2.24, 2.45) is 0 Å². The number of aliphatic hydroxyl groups is 1. The van der Waals surface area contributed by atoms with Gasteiger partial charge in [-0.3, -0.25) is 4.90 Å². The molecular formula is C23H22F3NO. The van der Waals surface area contributed by atoms with Crippen LogP contribution < -0.4 is 0 Å². The quantitative estimate of drug-likeness (QED) is 0.585. The molecule has 0 aliphatic rings. The van der Waals surface area contributed by atoms with E-state index in [0.717, 1.165) is 23.3 Å². The number of alkyl halides is 3. The summed E-state index contributed by atoms with van der Waals surface area (Å²) in [7, 11) is 0. The first-order chi connectivity index (χ1) is 13.5. The van der Waals surface area contributed by atoms with E-state index in [1.54, 1.807) is 6.07 Å². The summed E-state index contributed by atoms with van der Waals surface area (Å²) in [5.74, 6) is 0. The molecule has 0 fully saturated rings. The maximum absolute atomic E-state index is 13.2. The maximum Gasteiger partial charge on any atom is 0.416 e. The molecule has 0 aromatic heterocycles. The molecule has 0 bridgehead atoms. The van der Waals surface area contributed by atoms with E-state index in [1.807, 2.05) is 65.6 Å². The van der Waals surface area contributed by atoms with E-state index < -0.39 is 17.8 Å². The summed E-state index contributed by atoms with van der Waals surface area (Å²) in [5, 5.41) is 10.1. The fourth-order valence-corrected chi connectivity index (χ4v) is 3.27. The number of hydrogen-bond acceptors (Lipinski definition) is 2. The molecule has 0 spiro atoms. The molecule has 0 amide bonds. The van der Waals surface area contributed by atoms with Gasteiger partial charge in [0.2, 0.25) is 0 Å². The summed E-state index contributed by atoms with van der Waals surface area (Å²) in [6.07, 6.45) is -4.42. The molecule has 1 N–H and O–H groups in total. The van der Waals surface area contributed by atoms with Gasteiger partial charge in [-0.2, -0.15) is 13.2 Å². The molecule has 0 radical (unpaired) electrons. The first kappa shape index (κ1) is 20.1. The molecule has 2 nitrogen and oxygen atoms in total. The monoisotopic (exact) mass is 385 g/mol. The first-order valence-corrected chi connectivity index (χ1v) is 9.07. The lowest BCUT2D eigenvalue weighted by Gasteiger charge is -2.31. The Hall–Kier alpha value is -2.63. The number of rotatable bonds is 7. The van der Waals surface area contributed by atoms with Gasteiger partial charge in [-0.15, -0.1) is 0 Å². The molecule has 0 saturated heterocycles. The van der Waals surface area contributed by atoms with Gasteiger partial charge in [-0.05, 0) is 28.8 Å². The topological polar surface area (TPSA) is 23.5 Å². The minimum atomic E-state index is -4.42. The molecule has 3 aromatic rings. The van der Waals surface area contributed by atoms with E-state index in [1.165, 1.54) is 6.07 Å². The summed E-state index contributed by atoms with van der Waals surface area (Å²) in [5.41, 5.74) is 1.81. The van der Waals surface area contributed by atoms with Gasteiger partial charge >= 0.3 is 6.18 Å². The van der Waals surface area contributed by atoms with E-state index in [4.69, 9.17) is 0 Å². The minimum absolute atomic E-state index is 0.277. The van der Waals surface area contributed by atoms with Crippen LogP contribution in [0, 0.1) is 0 Å². The summed E-state index contributed by atoms with van der Waals surface area (Å²) in [6, 6.07) is 24.1. The Kier molecular flexibility index (Phi) is 6.49. The van der Waals surface area contributed by atoms with Crippen LogP contribution in [0.1, 0.15) is 28.3 Å². The molecule has 0 aliphatic heterocycles.